The molecule has 0 radical (unpaired) electrons. The molecule has 1 aliphatic carbocycles. The predicted molar refractivity (Wildman–Crippen MR) is 76.1 cm³/mol. The van der Waals surface area contributed by atoms with Crippen LogP contribution in [0, 0.1) is 0 Å². The first-order valence-corrected chi connectivity index (χ1v) is 6.71. The summed E-state index contributed by atoms with van der Waals surface area (Å²) in [6.07, 6.45) is 6.53. The van der Waals surface area contributed by atoms with E-state index in [1.807, 2.05) is 0 Å². The van der Waals surface area contributed by atoms with Gasteiger partial charge < -0.3 is 16.0 Å². The largest absolute Gasteiger partial charge is 0.368 e. The van der Waals surface area contributed by atoms with Crippen LogP contribution in [0.25, 0.3) is 0 Å². The monoisotopic (exact) mass is 262 g/mol. The molecule has 0 saturated heterocycles. The molecule has 1 saturated carbocycles. The molecule has 1 heterocycles. The molecule has 0 spiro atoms. The van der Waals surface area contributed by atoms with Crippen LogP contribution < -0.4 is 11.1 Å². The number of anilines is 1. The van der Waals surface area contributed by atoms with Gasteiger partial charge in [0.05, 0.1) is 5.56 Å². The van der Waals surface area contributed by atoms with Crippen molar-refractivity contribution in [3.05, 3.63) is 23.9 Å². The number of rotatable bonds is 5. The number of aromatic nitrogens is 1. The fraction of sp³-hybridized carbons (Fsp3) is 0.571. The molecule has 1 amide bonds. The Labute approximate surface area is 114 Å². The van der Waals surface area contributed by atoms with Crippen molar-refractivity contribution < 1.29 is 4.79 Å². The SMILES string of the molecule is CN(C)C1(CNc2ncccc2C(N)=O)CCCC1. The Morgan fingerprint density at radius 2 is 2.16 bits per heavy atom. The maximum Gasteiger partial charge on any atom is 0.252 e. The van der Waals surface area contributed by atoms with Crippen molar-refractivity contribution in [2.75, 3.05) is 26.0 Å². The van der Waals surface area contributed by atoms with Crippen molar-refractivity contribution in [1.82, 2.24) is 9.88 Å². The average Bonchev–Trinajstić information content (AvgIpc) is 2.86. The van der Waals surface area contributed by atoms with Gasteiger partial charge >= 0.3 is 0 Å². The molecular weight excluding hydrogens is 240 g/mol. The van der Waals surface area contributed by atoms with Gasteiger partial charge in [0, 0.05) is 18.3 Å². The van der Waals surface area contributed by atoms with E-state index in [0.717, 1.165) is 6.54 Å². The molecule has 0 bridgehead atoms. The van der Waals surface area contributed by atoms with E-state index in [-0.39, 0.29) is 5.54 Å². The summed E-state index contributed by atoms with van der Waals surface area (Å²) in [6, 6.07) is 3.43. The summed E-state index contributed by atoms with van der Waals surface area (Å²) in [7, 11) is 4.22. The van der Waals surface area contributed by atoms with Gasteiger partial charge in [0.2, 0.25) is 0 Å². The number of carbonyl (C=O) groups excluding carboxylic acids is 1. The van der Waals surface area contributed by atoms with E-state index < -0.39 is 5.91 Å². The smallest absolute Gasteiger partial charge is 0.252 e. The highest BCUT2D eigenvalue weighted by Crippen LogP contribution is 2.33. The third kappa shape index (κ3) is 2.87. The fourth-order valence-corrected chi connectivity index (χ4v) is 2.81. The highest BCUT2D eigenvalue weighted by atomic mass is 16.1. The van der Waals surface area contributed by atoms with Crippen molar-refractivity contribution in [1.29, 1.82) is 0 Å². The normalized spacial score (nSPS) is 17.6. The Morgan fingerprint density at radius 1 is 1.47 bits per heavy atom. The van der Waals surface area contributed by atoms with Crippen LogP contribution in [-0.2, 0) is 0 Å². The Bertz CT molecular complexity index is 453. The molecule has 19 heavy (non-hydrogen) atoms. The lowest BCUT2D eigenvalue weighted by atomic mass is 9.96. The Hall–Kier alpha value is -1.62. The summed E-state index contributed by atoms with van der Waals surface area (Å²) in [5.41, 5.74) is 5.97. The first-order chi connectivity index (χ1) is 9.05. The second-order valence-corrected chi connectivity index (χ2v) is 5.44. The summed E-state index contributed by atoms with van der Waals surface area (Å²) < 4.78 is 0. The highest BCUT2D eigenvalue weighted by Gasteiger charge is 2.35. The van der Waals surface area contributed by atoms with Crippen LogP contribution in [0.3, 0.4) is 0 Å². The summed E-state index contributed by atoms with van der Waals surface area (Å²) in [6.45, 7) is 0.789. The number of likely N-dealkylation sites (N-methyl/N-ethyl adjacent to an activating group) is 1. The second-order valence-electron chi connectivity index (χ2n) is 5.44. The predicted octanol–water partition coefficient (Wildman–Crippen LogP) is 1.47. The minimum Gasteiger partial charge on any atom is -0.368 e. The molecule has 5 nitrogen and oxygen atoms in total. The Morgan fingerprint density at radius 3 is 2.74 bits per heavy atom. The zero-order valence-electron chi connectivity index (χ0n) is 11.6. The van der Waals surface area contributed by atoms with E-state index in [9.17, 15) is 4.79 Å². The van der Waals surface area contributed by atoms with E-state index in [4.69, 9.17) is 5.73 Å². The number of nitrogens with zero attached hydrogens (tertiary/aromatic N) is 2. The summed E-state index contributed by atoms with van der Waals surface area (Å²) in [5.74, 6) is 0.143. The van der Waals surface area contributed by atoms with Crippen LogP contribution >= 0.6 is 0 Å². The van der Waals surface area contributed by atoms with Gasteiger partial charge in [-0.2, -0.15) is 0 Å². The van der Waals surface area contributed by atoms with Gasteiger partial charge in [0.15, 0.2) is 0 Å². The maximum atomic E-state index is 11.4. The van der Waals surface area contributed by atoms with Gasteiger partial charge in [-0.3, -0.25) is 4.79 Å². The molecule has 3 N–H and O–H groups in total. The fourth-order valence-electron chi connectivity index (χ4n) is 2.81. The summed E-state index contributed by atoms with van der Waals surface area (Å²) >= 11 is 0. The van der Waals surface area contributed by atoms with Crippen LogP contribution in [0.5, 0.6) is 0 Å². The van der Waals surface area contributed by atoms with Crippen molar-refractivity contribution in [2.24, 2.45) is 5.73 Å². The zero-order valence-corrected chi connectivity index (χ0v) is 11.6. The van der Waals surface area contributed by atoms with Crippen LogP contribution in [0.4, 0.5) is 5.82 Å². The lowest BCUT2D eigenvalue weighted by molar-refractivity contribution is 0.100. The van der Waals surface area contributed by atoms with Gasteiger partial charge in [-0.25, -0.2) is 4.98 Å². The van der Waals surface area contributed by atoms with E-state index in [2.05, 4.69) is 29.3 Å². The van der Waals surface area contributed by atoms with Crippen molar-refractivity contribution >= 4 is 11.7 Å². The van der Waals surface area contributed by atoms with Gasteiger partial charge in [-0.1, -0.05) is 12.8 Å². The minimum atomic E-state index is -0.444. The number of hydrogen-bond acceptors (Lipinski definition) is 4. The standard InChI is InChI=1S/C14H22N4O/c1-18(2)14(7-3-4-8-14)10-17-13-11(12(15)19)6-5-9-16-13/h5-6,9H,3-4,7-8,10H2,1-2H3,(H2,15,19)(H,16,17). The highest BCUT2D eigenvalue weighted by molar-refractivity contribution is 5.97. The van der Waals surface area contributed by atoms with Gasteiger partial charge in [-0.15, -0.1) is 0 Å². The quantitative estimate of drug-likeness (QED) is 0.843. The van der Waals surface area contributed by atoms with Crippen molar-refractivity contribution in [3.63, 3.8) is 0 Å². The van der Waals surface area contributed by atoms with Crippen LogP contribution in [0.1, 0.15) is 36.0 Å². The number of primary amides is 1. The number of nitrogens with one attached hydrogen (secondary N) is 1. The number of pyridine rings is 1. The minimum absolute atomic E-state index is 0.159. The Balaban J connectivity index is 2.12. The molecule has 0 unspecified atom stereocenters. The van der Waals surface area contributed by atoms with Gasteiger partial charge in [-0.05, 0) is 39.1 Å². The topological polar surface area (TPSA) is 71.2 Å². The van der Waals surface area contributed by atoms with Crippen molar-refractivity contribution in [3.8, 4) is 0 Å². The molecule has 0 atom stereocenters. The third-order valence-electron chi connectivity index (χ3n) is 4.14. The molecule has 104 valence electrons. The van der Waals surface area contributed by atoms with E-state index in [0.29, 0.717) is 11.4 Å². The molecule has 0 aliphatic heterocycles. The molecule has 2 rings (SSSR count). The first-order valence-electron chi connectivity index (χ1n) is 6.71. The lowest BCUT2D eigenvalue weighted by Gasteiger charge is -2.36. The molecule has 1 aromatic rings. The van der Waals surface area contributed by atoms with E-state index >= 15 is 0 Å². The molecular formula is C14H22N4O. The molecule has 1 fully saturated rings. The summed E-state index contributed by atoms with van der Waals surface area (Å²) in [4.78, 5) is 17.9. The third-order valence-corrected chi connectivity index (χ3v) is 4.14. The Kier molecular flexibility index (Phi) is 4.04. The molecule has 0 aromatic carbocycles. The van der Waals surface area contributed by atoms with Crippen LogP contribution in [0.2, 0.25) is 0 Å². The number of nitrogens with two attached hydrogens (primary N) is 1. The number of carbonyl (C=O) groups is 1. The zero-order chi connectivity index (χ0) is 13.9. The first kappa shape index (κ1) is 13.8. The number of amides is 1. The molecule has 5 heteroatoms. The van der Waals surface area contributed by atoms with Gasteiger partial charge in [0.1, 0.15) is 5.82 Å². The van der Waals surface area contributed by atoms with Crippen molar-refractivity contribution in [2.45, 2.75) is 31.2 Å². The molecule has 1 aliphatic rings. The summed E-state index contributed by atoms with van der Waals surface area (Å²) in [5, 5.41) is 3.31. The maximum absolute atomic E-state index is 11.4. The second kappa shape index (κ2) is 5.57. The average molecular weight is 262 g/mol. The van der Waals surface area contributed by atoms with Crippen LogP contribution in [-0.4, -0.2) is 42.0 Å². The number of hydrogen-bond donors (Lipinski definition) is 2. The van der Waals surface area contributed by atoms with E-state index in [1.54, 1.807) is 18.3 Å². The van der Waals surface area contributed by atoms with Gasteiger partial charge in [0.25, 0.3) is 5.91 Å². The lowest BCUT2D eigenvalue weighted by Crippen LogP contribution is -2.47. The van der Waals surface area contributed by atoms with Crippen LogP contribution in [0.15, 0.2) is 18.3 Å². The van der Waals surface area contributed by atoms with E-state index in [1.165, 1.54) is 25.7 Å². The molecule has 1 aromatic heterocycles.